The van der Waals surface area contributed by atoms with Gasteiger partial charge in [0.2, 0.25) is 0 Å². The van der Waals surface area contributed by atoms with Crippen molar-refractivity contribution in [1.29, 1.82) is 0 Å². The van der Waals surface area contributed by atoms with Gasteiger partial charge in [-0.3, -0.25) is 0 Å². The zero-order chi connectivity index (χ0) is 13.7. The molecule has 1 aromatic rings. The van der Waals surface area contributed by atoms with Gasteiger partial charge < -0.3 is 10.1 Å². The molecule has 1 saturated heterocycles. The van der Waals surface area contributed by atoms with Crippen LogP contribution >= 0.6 is 0 Å². The predicted octanol–water partition coefficient (Wildman–Crippen LogP) is 3.77. The highest BCUT2D eigenvalue weighted by Gasteiger charge is 2.25. The predicted molar refractivity (Wildman–Crippen MR) is 80.5 cm³/mol. The van der Waals surface area contributed by atoms with E-state index in [2.05, 4.69) is 44.3 Å². The minimum Gasteiger partial charge on any atom is -0.381 e. The summed E-state index contributed by atoms with van der Waals surface area (Å²) in [5.41, 5.74) is 4.14. The highest BCUT2D eigenvalue weighted by molar-refractivity contribution is 5.31. The molecule has 2 nitrogen and oxygen atoms in total. The van der Waals surface area contributed by atoms with Gasteiger partial charge >= 0.3 is 0 Å². The Kier molecular flexibility index (Phi) is 5.41. The molecule has 19 heavy (non-hydrogen) atoms. The van der Waals surface area contributed by atoms with E-state index in [4.69, 9.17) is 4.74 Å². The number of rotatable bonds is 5. The van der Waals surface area contributed by atoms with E-state index in [1.54, 1.807) is 0 Å². The highest BCUT2D eigenvalue weighted by Crippen LogP contribution is 2.30. The Morgan fingerprint density at radius 2 is 2.00 bits per heavy atom. The summed E-state index contributed by atoms with van der Waals surface area (Å²) in [6, 6.07) is 7.35. The molecule has 0 aromatic heterocycles. The molecule has 0 aliphatic carbocycles. The molecule has 0 amide bonds. The van der Waals surface area contributed by atoms with Crippen LogP contribution in [0.2, 0.25) is 0 Å². The minimum atomic E-state index is 0.443. The molecule has 1 N–H and O–H groups in total. The lowest BCUT2D eigenvalue weighted by molar-refractivity contribution is 0.0390. The Morgan fingerprint density at radius 3 is 2.58 bits per heavy atom. The molecule has 2 heteroatoms. The maximum Gasteiger partial charge on any atom is 0.0512 e. The Hall–Kier alpha value is -0.860. The standard InChI is InChI=1S/C17H27NO/c1-4-7-18-17(15-6-5-8-19-12-15)16-10-13(2)9-14(3)11-16/h9-11,15,17-18H,4-8,12H2,1-3H3. The summed E-state index contributed by atoms with van der Waals surface area (Å²) in [7, 11) is 0. The zero-order valence-corrected chi connectivity index (χ0v) is 12.5. The first-order valence-electron chi connectivity index (χ1n) is 7.60. The summed E-state index contributed by atoms with van der Waals surface area (Å²) < 4.78 is 5.68. The summed E-state index contributed by atoms with van der Waals surface area (Å²) in [5, 5.41) is 3.73. The number of nitrogens with one attached hydrogen (secondary N) is 1. The van der Waals surface area contributed by atoms with Crippen LogP contribution in [0, 0.1) is 19.8 Å². The largest absolute Gasteiger partial charge is 0.381 e. The van der Waals surface area contributed by atoms with Gasteiger partial charge in [-0.1, -0.05) is 36.2 Å². The van der Waals surface area contributed by atoms with E-state index < -0.39 is 0 Å². The first kappa shape index (κ1) is 14.5. The average molecular weight is 261 g/mol. The Balaban J connectivity index is 2.19. The third-order valence-electron chi connectivity index (χ3n) is 3.88. The Morgan fingerprint density at radius 1 is 1.26 bits per heavy atom. The van der Waals surface area contributed by atoms with E-state index in [9.17, 15) is 0 Å². The summed E-state index contributed by atoms with van der Waals surface area (Å²) in [5.74, 6) is 0.612. The van der Waals surface area contributed by atoms with Gasteiger partial charge in [0.1, 0.15) is 0 Å². The second-order valence-corrected chi connectivity index (χ2v) is 5.83. The van der Waals surface area contributed by atoms with Crippen molar-refractivity contribution in [2.45, 2.75) is 46.1 Å². The molecule has 2 rings (SSSR count). The molecule has 2 atom stereocenters. The normalized spacial score (nSPS) is 21.3. The summed E-state index contributed by atoms with van der Waals surface area (Å²) in [4.78, 5) is 0. The van der Waals surface area contributed by atoms with Crippen molar-refractivity contribution in [2.75, 3.05) is 19.8 Å². The fourth-order valence-electron chi connectivity index (χ4n) is 3.07. The van der Waals surface area contributed by atoms with Crippen LogP contribution in [0.3, 0.4) is 0 Å². The molecule has 1 aromatic carbocycles. The van der Waals surface area contributed by atoms with Gasteiger partial charge in [0, 0.05) is 18.6 Å². The maximum atomic E-state index is 5.68. The van der Waals surface area contributed by atoms with E-state index in [-0.39, 0.29) is 0 Å². The molecular formula is C17H27NO. The minimum absolute atomic E-state index is 0.443. The van der Waals surface area contributed by atoms with Crippen LogP contribution in [0.25, 0.3) is 0 Å². The second-order valence-electron chi connectivity index (χ2n) is 5.83. The molecule has 0 saturated carbocycles. The lowest BCUT2D eigenvalue weighted by atomic mass is 9.87. The number of ether oxygens (including phenoxy) is 1. The van der Waals surface area contributed by atoms with Crippen LogP contribution in [-0.2, 0) is 4.74 Å². The van der Waals surface area contributed by atoms with Crippen molar-refractivity contribution >= 4 is 0 Å². The van der Waals surface area contributed by atoms with Gasteiger partial charge in [-0.15, -0.1) is 0 Å². The summed E-state index contributed by atoms with van der Waals surface area (Å²) >= 11 is 0. The zero-order valence-electron chi connectivity index (χ0n) is 12.5. The lowest BCUT2D eigenvalue weighted by Crippen LogP contribution is -2.34. The van der Waals surface area contributed by atoms with Crippen LogP contribution in [0.5, 0.6) is 0 Å². The average Bonchev–Trinajstić information content (AvgIpc) is 2.39. The molecule has 1 aliphatic rings. The van der Waals surface area contributed by atoms with Crippen LogP contribution in [0.1, 0.15) is 48.9 Å². The van der Waals surface area contributed by atoms with Gasteiger partial charge in [0.15, 0.2) is 0 Å². The molecule has 1 fully saturated rings. The fraction of sp³-hybridized carbons (Fsp3) is 0.647. The summed E-state index contributed by atoms with van der Waals surface area (Å²) in [6.45, 7) is 9.50. The molecule has 1 heterocycles. The van der Waals surface area contributed by atoms with Crippen molar-refractivity contribution in [1.82, 2.24) is 5.32 Å². The van der Waals surface area contributed by atoms with Crippen LogP contribution in [0.4, 0.5) is 0 Å². The van der Waals surface area contributed by atoms with Crippen molar-refractivity contribution in [3.05, 3.63) is 34.9 Å². The van der Waals surface area contributed by atoms with E-state index >= 15 is 0 Å². The van der Waals surface area contributed by atoms with E-state index in [1.165, 1.54) is 36.0 Å². The monoisotopic (exact) mass is 261 g/mol. The second kappa shape index (κ2) is 7.06. The van der Waals surface area contributed by atoms with Gasteiger partial charge in [0.05, 0.1) is 6.61 Å². The third kappa shape index (κ3) is 4.05. The first-order chi connectivity index (χ1) is 9.20. The van der Waals surface area contributed by atoms with E-state index in [1.807, 2.05) is 0 Å². The van der Waals surface area contributed by atoms with Crippen LogP contribution in [0.15, 0.2) is 18.2 Å². The Bertz CT molecular complexity index is 376. The number of benzene rings is 1. The topological polar surface area (TPSA) is 21.3 Å². The van der Waals surface area contributed by atoms with Crippen LogP contribution in [-0.4, -0.2) is 19.8 Å². The van der Waals surface area contributed by atoms with Crippen molar-refractivity contribution in [3.8, 4) is 0 Å². The van der Waals surface area contributed by atoms with Gasteiger partial charge in [-0.2, -0.15) is 0 Å². The third-order valence-corrected chi connectivity index (χ3v) is 3.88. The molecule has 106 valence electrons. The molecule has 2 unspecified atom stereocenters. The van der Waals surface area contributed by atoms with E-state index in [0.29, 0.717) is 12.0 Å². The smallest absolute Gasteiger partial charge is 0.0512 e. The number of aryl methyl sites for hydroxylation is 2. The SMILES string of the molecule is CCCNC(c1cc(C)cc(C)c1)C1CCCOC1. The number of hydrogen-bond acceptors (Lipinski definition) is 2. The molecule has 0 radical (unpaired) electrons. The van der Waals surface area contributed by atoms with Crippen molar-refractivity contribution in [3.63, 3.8) is 0 Å². The molecular weight excluding hydrogens is 234 g/mol. The quantitative estimate of drug-likeness (QED) is 0.871. The maximum absolute atomic E-state index is 5.68. The van der Waals surface area contributed by atoms with Gasteiger partial charge in [0.25, 0.3) is 0 Å². The molecule has 0 spiro atoms. The summed E-state index contributed by atoms with van der Waals surface area (Å²) in [6.07, 6.45) is 3.64. The lowest BCUT2D eigenvalue weighted by Gasteiger charge is -2.32. The highest BCUT2D eigenvalue weighted by atomic mass is 16.5. The van der Waals surface area contributed by atoms with Crippen LogP contribution < -0.4 is 5.32 Å². The Labute approximate surface area is 117 Å². The van der Waals surface area contributed by atoms with Gasteiger partial charge in [-0.05, 0) is 45.2 Å². The first-order valence-corrected chi connectivity index (χ1v) is 7.60. The number of hydrogen-bond donors (Lipinski definition) is 1. The van der Waals surface area contributed by atoms with Gasteiger partial charge in [-0.25, -0.2) is 0 Å². The van der Waals surface area contributed by atoms with Crippen molar-refractivity contribution in [2.24, 2.45) is 5.92 Å². The van der Waals surface area contributed by atoms with E-state index in [0.717, 1.165) is 19.8 Å². The van der Waals surface area contributed by atoms with Crippen molar-refractivity contribution < 1.29 is 4.74 Å². The molecule has 1 aliphatic heterocycles. The fourth-order valence-corrected chi connectivity index (χ4v) is 3.07. The molecule has 0 bridgehead atoms.